The van der Waals surface area contributed by atoms with Crippen LogP contribution in [0.2, 0.25) is 0 Å². The summed E-state index contributed by atoms with van der Waals surface area (Å²) in [5.41, 5.74) is 2.86. The standard InChI is InChI=1S/C54H85N5O6S.C45H57N5O9S2/c1-4-6-8-10-12-14-16-18-20-21-22-24-26-28-30-36-42-58-52(55-47-39-33-35-41-50(47)66(58,63)64)51(59-45(3)44-48(57-59)54(61)62)53(60)56-46-38-32-34-40-49(46)65-43-37-31-29-27-25-23-19-17-15-13-11-9-7-5-2;1-5-6-7-8-9-10-11-12-13-18-28-57-40-21-16-14-19-36(40)49-45(52)43(59-41-26-24-35(60(46,53)54)31-38(41)47-34(4)51)44-48-37-20-15-17-22-42(37)61(55,56)50(44)27-29-58-39-25-23-32(2)30-33(39)3/h32-35,38-41,44,51H,4-31,36-37,42-43H2,1-3H3,(H,56,60)(H,61,62);14-17,19-26,30-31,43H,5-13,18,27-29H2,1-4H3,(H,47,51)(H,49,52)(H2,46,53,54). The zero-order valence-corrected chi connectivity index (χ0v) is 78.9. The number of amidine groups is 2. The molecular weight excluding hydrogens is 1670 g/mol. The summed E-state index contributed by atoms with van der Waals surface area (Å²) in [4.78, 5) is 63.1. The number of amides is 3. The summed E-state index contributed by atoms with van der Waals surface area (Å²) in [6.07, 6.45) is 46.8. The second-order valence-corrected chi connectivity index (χ2v) is 38.8. The molecule has 127 heavy (non-hydrogen) atoms. The van der Waals surface area contributed by atoms with Crippen molar-refractivity contribution < 1.29 is 68.5 Å². The van der Waals surface area contributed by atoms with Gasteiger partial charge in [0.2, 0.25) is 22.0 Å². The highest BCUT2D eigenvalue weighted by molar-refractivity contribution is 7.90. The summed E-state index contributed by atoms with van der Waals surface area (Å²) < 4.78 is 111. The van der Waals surface area contributed by atoms with Crippen LogP contribution in [0.1, 0.15) is 318 Å². The molecule has 6 N–H and O–H groups in total. The van der Waals surface area contributed by atoms with E-state index in [2.05, 4.69) is 41.8 Å². The summed E-state index contributed by atoms with van der Waals surface area (Å²) in [7, 11) is -12.7. The molecule has 0 saturated heterocycles. The molecule has 25 nitrogen and oxygen atoms in total. The molecule has 2 aliphatic rings. The lowest BCUT2D eigenvalue weighted by Gasteiger charge is -2.33. The first-order chi connectivity index (χ1) is 61.4. The molecule has 696 valence electrons. The van der Waals surface area contributed by atoms with E-state index in [1.54, 1.807) is 85.8 Å². The first-order valence-electron chi connectivity index (χ1n) is 46.9. The molecular formula is C99H142N10O15S3. The minimum absolute atomic E-state index is 0.0314. The Bertz CT molecular complexity index is 5000. The first-order valence-corrected chi connectivity index (χ1v) is 51.4. The number of rotatable bonds is 61. The Kier molecular flexibility index (Phi) is 44.7. The zero-order chi connectivity index (χ0) is 91.2. The molecule has 6 aromatic carbocycles. The van der Waals surface area contributed by atoms with Crippen LogP contribution < -0.4 is 40.0 Å². The molecule has 2 aliphatic heterocycles. The van der Waals surface area contributed by atoms with Crippen molar-refractivity contribution >= 4 is 93.9 Å². The molecule has 7 aromatic rings. The molecule has 28 heteroatoms. The van der Waals surface area contributed by atoms with Gasteiger partial charge in [0, 0.05) is 19.2 Å². The largest absolute Gasteiger partial charge is 0.491 e. The number of nitrogens with two attached hydrogens (primary N) is 1. The number of aromatic nitrogens is 2. The predicted molar refractivity (Wildman–Crippen MR) is 509 cm³/mol. The van der Waals surface area contributed by atoms with Crippen LogP contribution >= 0.6 is 0 Å². The minimum atomic E-state index is -4.37. The monoisotopic (exact) mass is 1810 g/mol. The number of fused-ring (bicyclic) bond motifs is 2. The summed E-state index contributed by atoms with van der Waals surface area (Å²) in [5, 5.41) is 28.0. The lowest BCUT2D eigenvalue weighted by Crippen LogP contribution is -2.52. The van der Waals surface area contributed by atoms with E-state index in [1.807, 2.05) is 32.0 Å². The maximum Gasteiger partial charge on any atom is 0.356 e. The number of hydrogen-bond donors (Lipinski definition) is 5. The van der Waals surface area contributed by atoms with E-state index < -0.39 is 65.9 Å². The van der Waals surface area contributed by atoms with Gasteiger partial charge >= 0.3 is 5.97 Å². The molecule has 0 fully saturated rings. The fraction of sp³-hybridized carbons (Fsp3) is 0.545. The van der Waals surface area contributed by atoms with Gasteiger partial charge in [-0.2, -0.15) is 5.10 Å². The average molecular weight is 1810 g/mol. The molecule has 0 bridgehead atoms. The van der Waals surface area contributed by atoms with Crippen molar-refractivity contribution in [1.29, 1.82) is 0 Å². The first kappa shape index (κ1) is 103. The highest BCUT2D eigenvalue weighted by Crippen LogP contribution is 2.40. The van der Waals surface area contributed by atoms with Crippen LogP contribution in [0.4, 0.5) is 28.4 Å². The predicted octanol–water partition coefficient (Wildman–Crippen LogP) is 23.3. The van der Waals surface area contributed by atoms with Crippen molar-refractivity contribution in [1.82, 2.24) is 18.4 Å². The van der Waals surface area contributed by atoms with E-state index in [-0.39, 0.29) is 74.6 Å². The third kappa shape index (κ3) is 33.7. The zero-order valence-electron chi connectivity index (χ0n) is 76.4. The van der Waals surface area contributed by atoms with Gasteiger partial charge in [0.1, 0.15) is 39.4 Å². The van der Waals surface area contributed by atoms with Crippen LogP contribution in [0.5, 0.6) is 23.0 Å². The molecule has 3 heterocycles. The summed E-state index contributed by atoms with van der Waals surface area (Å²) >= 11 is 0. The van der Waals surface area contributed by atoms with Crippen molar-refractivity contribution in [2.45, 2.75) is 332 Å². The highest BCUT2D eigenvalue weighted by Gasteiger charge is 2.44. The summed E-state index contributed by atoms with van der Waals surface area (Å²) in [6.45, 7) is 14.0. The van der Waals surface area contributed by atoms with Gasteiger partial charge in [-0.3, -0.25) is 18.7 Å². The maximum absolute atomic E-state index is 14.7. The van der Waals surface area contributed by atoms with Crippen LogP contribution in [0.25, 0.3) is 0 Å². The number of anilines is 3. The van der Waals surface area contributed by atoms with Crippen LogP contribution in [-0.4, -0.2) is 123 Å². The number of aliphatic imine (C=N–C) groups is 2. The number of aromatic carboxylic acids is 1. The Morgan fingerprint density at radius 3 is 1.25 bits per heavy atom. The summed E-state index contributed by atoms with van der Waals surface area (Å²) in [5.74, 6) is -2.36. The molecule has 9 rings (SSSR count). The van der Waals surface area contributed by atoms with Crippen molar-refractivity contribution in [3.8, 4) is 23.0 Å². The Morgan fingerprint density at radius 1 is 0.425 bits per heavy atom. The average Bonchev–Trinajstić information content (AvgIpc) is 1.63. The third-order valence-corrected chi connectivity index (χ3v) is 27.5. The van der Waals surface area contributed by atoms with Gasteiger partial charge in [-0.25, -0.2) is 54.2 Å². The van der Waals surface area contributed by atoms with Gasteiger partial charge in [-0.05, 0) is 124 Å². The normalized spacial score (nSPS) is 13.7. The number of carboxylic acids is 1. The van der Waals surface area contributed by atoms with Crippen molar-refractivity contribution in [3.05, 3.63) is 162 Å². The number of carbonyl (C=O) groups excluding carboxylic acids is 3. The van der Waals surface area contributed by atoms with Gasteiger partial charge in [-0.1, -0.05) is 325 Å². The molecule has 0 spiro atoms. The number of carboxylic acid groups (broad SMARTS) is 1. The van der Waals surface area contributed by atoms with E-state index in [9.17, 15) is 49.5 Å². The fourth-order valence-corrected chi connectivity index (χ4v) is 19.6. The highest BCUT2D eigenvalue weighted by atomic mass is 32.2. The third-order valence-electron chi connectivity index (χ3n) is 22.9. The Hall–Kier alpha value is -9.64. The number of unbranched alkanes of at least 4 members (excludes halogenated alkanes) is 37. The number of aryl methyl sites for hydroxylation is 3. The number of sulfonamides is 3. The molecule has 2 atom stereocenters. The lowest BCUT2D eigenvalue weighted by molar-refractivity contribution is -0.120. The van der Waals surface area contributed by atoms with Crippen molar-refractivity contribution in [2.75, 3.05) is 48.9 Å². The lowest BCUT2D eigenvalue weighted by atomic mass is 10.0. The molecule has 2 unspecified atom stereocenters. The number of benzene rings is 6. The van der Waals surface area contributed by atoms with E-state index in [0.29, 0.717) is 54.0 Å². The van der Waals surface area contributed by atoms with Crippen molar-refractivity contribution in [3.63, 3.8) is 0 Å². The van der Waals surface area contributed by atoms with Gasteiger partial charge in [0.15, 0.2) is 23.4 Å². The van der Waals surface area contributed by atoms with Gasteiger partial charge in [0.25, 0.3) is 31.9 Å². The van der Waals surface area contributed by atoms with E-state index in [4.69, 9.17) is 34.1 Å². The van der Waals surface area contributed by atoms with Crippen LogP contribution in [0.15, 0.2) is 164 Å². The van der Waals surface area contributed by atoms with Gasteiger partial charge < -0.3 is 40.0 Å². The van der Waals surface area contributed by atoms with E-state index >= 15 is 0 Å². The number of carbonyl (C=O) groups is 4. The molecule has 0 saturated carbocycles. The Balaban J connectivity index is 0.000000315. The molecule has 1 aromatic heterocycles. The molecule has 3 amide bonds. The number of nitrogens with one attached hydrogen (secondary N) is 3. The van der Waals surface area contributed by atoms with Gasteiger partial charge in [0.05, 0.1) is 53.1 Å². The van der Waals surface area contributed by atoms with Crippen LogP contribution in [-0.2, 0) is 44.5 Å². The quantitative estimate of drug-likeness (QED) is 0.0221. The Labute approximate surface area is 757 Å². The molecule has 0 radical (unpaired) electrons. The maximum atomic E-state index is 14.7. The minimum Gasteiger partial charge on any atom is -0.491 e. The fourth-order valence-electron chi connectivity index (χ4n) is 15.9. The van der Waals surface area contributed by atoms with E-state index in [1.165, 1.54) is 232 Å². The van der Waals surface area contributed by atoms with E-state index in [0.717, 1.165) is 91.8 Å². The van der Waals surface area contributed by atoms with Gasteiger partial charge in [-0.15, -0.1) is 0 Å². The topological polar surface area (TPSA) is 339 Å². The Morgan fingerprint density at radius 2 is 0.819 bits per heavy atom. The van der Waals surface area contributed by atoms with Crippen molar-refractivity contribution in [2.24, 2.45) is 15.1 Å². The number of hydrogen-bond acceptors (Lipinski definition) is 17. The van der Waals surface area contributed by atoms with Crippen LogP contribution in [0, 0.1) is 20.8 Å². The van der Waals surface area contributed by atoms with Crippen LogP contribution in [0.3, 0.4) is 0 Å². The second kappa shape index (κ2) is 55.3. The number of para-hydroxylation sites is 6. The SMILES string of the molecule is CCCCCCCCCCCCCCCCCCN1C(C(C(=O)Nc2ccccc2OCCCCCCCCCCCCCCCC)n2nc(C(=O)O)cc2C)=Nc2ccccc2S1(=O)=O.CCCCCCCCCCCCOc1ccccc1NC(=O)C(Oc1ccc(S(N)(=O)=O)cc1NC(C)=O)C1=Nc2ccccc2S(=O)(=O)N1CCOc1ccc(C)cc1C. The molecule has 0 aliphatic carbocycles. The number of nitrogens with zero attached hydrogens (tertiary/aromatic N) is 6. The second-order valence-electron chi connectivity index (χ2n) is 33.6. The summed E-state index contributed by atoms with van der Waals surface area (Å²) in [6, 6.07) is 35.7. The number of ether oxygens (including phenoxy) is 4. The number of primary sulfonamides is 1. The smallest absolute Gasteiger partial charge is 0.356 e.